The number of fused-ring (bicyclic) bond motifs is 2. The summed E-state index contributed by atoms with van der Waals surface area (Å²) in [5.74, 6) is 0.301. The van der Waals surface area contributed by atoms with E-state index in [0.29, 0.717) is 0 Å². The molecule has 154 valence electrons. The molecule has 0 aliphatic heterocycles. The van der Waals surface area contributed by atoms with Crippen molar-refractivity contribution >= 4 is 67.0 Å². The van der Waals surface area contributed by atoms with Crippen molar-refractivity contribution in [2.24, 2.45) is 7.05 Å². The topological polar surface area (TPSA) is 65.0 Å². The van der Waals surface area contributed by atoms with Crippen molar-refractivity contribution in [2.75, 3.05) is 0 Å². The fourth-order valence-corrected chi connectivity index (χ4v) is 3.82. The fraction of sp³-hybridized carbons (Fsp3) is 0.176. The molecule has 0 spiro atoms. The number of aromatic amines is 1. The van der Waals surface area contributed by atoms with Crippen LogP contribution in [0.5, 0.6) is 11.5 Å². The van der Waals surface area contributed by atoms with Crippen molar-refractivity contribution < 1.29 is 27.0 Å². The molecule has 0 radical (unpaired) electrons. The number of aryl methyl sites for hydroxylation is 1. The molecular formula is C17H12F4I2N4O2. The van der Waals surface area contributed by atoms with E-state index in [-0.39, 0.29) is 11.5 Å². The Hall–Kier alpha value is -1.84. The number of hydrogen-bond donors (Lipinski definition) is 1. The third kappa shape index (κ3) is 5.40. The molecular weight excluding hydrogens is 622 g/mol. The van der Waals surface area contributed by atoms with Crippen LogP contribution in [0, 0.1) is 7.40 Å². The standard InChI is InChI=1S/C9H7F2IN2O.C8H5F2IN2O/c1-14-7-3-2-5(15-9(10)11)4-6(7)8(12)13-14;9-8(10)14-4-1-2-6-5(3-4)7(11)13-12-6/h2-4,9H,1H3;1-3,8H,(H,12,13). The zero-order valence-corrected chi connectivity index (χ0v) is 18.9. The smallest absolute Gasteiger partial charge is 0.387 e. The van der Waals surface area contributed by atoms with Crippen LogP contribution in [0.2, 0.25) is 0 Å². The van der Waals surface area contributed by atoms with Crippen LogP contribution in [0.1, 0.15) is 0 Å². The van der Waals surface area contributed by atoms with Gasteiger partial charge >= 0.3 is 13.2 Å². The first-order valence-electron chi connectivity index (χ1n) is 7.90. The van der Waals surface area contributed by atoms with Crippen LogP contribution >= 0.6 is 45.2 Å². The van der Waals surface area contributed by atoms with E-state index < -0.39 is 13.2 Å². The summed E-state index contributed by atoms with van der Waals surface area (Å²) < 4.78 is 59.6. The Morgan fingerprint density at radius 2 is 1.52 bits per heavy atom. The van der Waals surface area contributed by atoms with E-state index in [1.165, 1.54) is 18.2 Å². The fourth-order valence-electron chi connectivity index (χ4n) is 2.51. The highest BCUT2D eigenvalue weighted by Gasteiger charge is 2.10. The quantitative estimate of drug-likeness (QED) is 0.237. The van der Waals surface area contributed by atoms with Crippen LogP contribution in [0.15, 0.2) is 36.4 Å². The molecule has 2 heterocycles. The third-order valence-corrected chi connectivity index (χ3v) is 5.33. The summed E-state index contributed by atoms with van der Waals surface area (Å²) in [7, 11) is 1.80. The summed E-state index contributed by atoms with van der Waals surface area (Å²) in [5, 5.41) is 12.5. The predicted octanol–water partition coefficient (Wildman–Crippen LogP) is 5.55. The Morgan fingerprint density at radius 3 is 2.14 bits per heavy atom. The minimum absolute atomic E-state index is 0.145. The lowest BCUT2D eigenvalue weighted by atomic mass is 10.2. The molecule has 0 fully saturated rings. The number of halogens is 6. The van der Waals surface area contributed by atoms with Crippen molar-refractivity contribution in [1.82, 2.24) is 20.0 Å². The summed E-state index contributed by atoms with van der Waals surface area (Å²) >= 11 is 4.10. The molecule has 2 aromatic heterocycles. The molecule has 29 heavy (non-hydrogen) atoms. The second kappa shape index (κ2) is 9.32. The monoisotopic (exact) mass is 634 g/mol. The highest BCUT2D eigenvalue weighted by atomic mass is 127. The molecule has 0 unspecified atom stereocenters. The zero-order chi connectivity index (χ0) is 21.1. The van der Waals surface area contributed by atoms with Crippen molar-refractivity contribution in [3.63, 3.8) is 0 Å². The number of benzene rings is 2. The molecule has 0 saturated carbocycles. The van der Waals surface area contributed by atoms with E-state index in [9.17, 15) is 17.6 Å². The van der Waals surface area contributed by atoms with Gasteiger partial charge in [-0.1, -0.05) is 0 Å². The predicted molar refractivity (Wildman–Crippen MR) is 116 cm³/mol. The maximum Gasteiger partial charge on any atom is 0.387 e. The molecule has 0 saturated heterocycles. The van der Waals surface area contributed by atoms with Gasteiger partial charge in [-0.2, -0.15) is 27.8 Å². The minimum atomic E-state index is -2.79. The summed E-state index contributed by atoms with van der Waals surface area (Å²) in [4.78, 5) is 0. The maximum atomic E-state index is 12.0. The average Bonchev–Trinajstić information content (AvgIpc) is 3.14. The van der Waals surface area contributed by atoms with Gasteiger partial charge in [-0.25, -0.2) is 0 Å². The van der Waals surface area contributed by atoms with E-state index in [1.54, 1.807) is 29.9 Å². The molecule has 0 amide bonds. The van der Waals surface area contributed by atoms with Gasteiger partial charge in [0.25, 0.3) is 0 Å². The zero-order valence-electron chi connectivity index (χ0n) is 14.5. The number of aromatic nitrogens is 4. The molecule has 0 bridgehead atoms. The number of ether oxygens (including phenoxy) is 2. The van der Waals surface area contributed by atoms with Crippen molar-refractivity contribution in [3.8, 4) is 11.5 Å². The minimum Gasteiger partial charge on any atom is -0.435 e. The second-order valence-electron chi connectivity index (χ2n) is 5.57. The summed E-state index contributed by atoms with van der Waals surface area (Å²) in [5.41, 5.74) is 1.62. The van der Waals surface area contributed by atoms with Crippen LogP contribution in [-0.2, 0) is 7.05 Å². The van der Waals surface area contributed by atoms with Crippen LogP contribution < -0.4 is 9.47 Å². The number of H-pyrrole nitrogens is 1. The number of hydrogen-bond acceptors (Lipinski definition) is 4. The number of nitrogens with zero attached hydrogens (tertiary/aromatic N) is 3. The van der Waals surface area contributed by atoms with Gasteiger partial charge in [0.1, 0.15) is 18.9 Å². The first-order valence-corrected chi connectivity index (χ1v) is 10.1. The van der Waals surface area contributed by atoms with Crippen LogP contribution in [0.25, 0.3) is 21.8 Å². The molecule has 0 atom stereocenters. The van der Waals surface area contributed by atoms with Gasteiger partial charge < -0.3 is 9.47 Å². The largest absolute Gasteiger partial charge is 0.435 e. The van der Waals surface area contributed by atoms with Gasteiger partial charge in [0.05, 0.1) is 11.0 Å². The van der Waals surface area contributed by atoms with E-state index >= 15 is 0 Å². The van der Waals surface area contributed by atoms with Gasteiger partial charge in [-0.15, -0.1) is 0 Å². The maximum absolute atomic E-state index is 12.0. The van der Waals surface area contributed by atoms with Gasteiger partial charge in [0.2, 0.25) is 0 Å². The summed E-state index contributed by atoms with van der Waals surface area (Å²) in [6.07, 6.45) is 0. The molecule has 2 aromatic carbocycles. The van der Waals surface area contributed by atoms with Crippen LogP contribution in [0.4, 0.5) is 17.6 Å². The molecule has 4 rings (SSSR count). The van der Waals surface area contributed by atoms with E-state index in [0.717, 1.165) is 29.2 Å². The van der Waals surface area contributed by atoms with Crippen molar-refractivity contribution in [1.29, 1.82) is 0 Å². The van der Waals surface area contributed by atoms with E-state index in [1.807, 2.05) is 22.6 Å². The first kappa shape index (κ1) is 21.9. The van der Waals surface area contributed by atoms with Crippen LogP contribution in [-0.4, -0.2) is 33.2 Å². The molecule has 12 heteroatoms. The first-order chi connectivity index (χ1) is 13.7. The highest BCUT2D eigenvalue weighted by molar-refractivity contribution is 14.1. The molecule has 0 aliphatic carbocycles. The Bertz CT molecular complexity index is 1130. The van der Waals surface area contributed by atoms with Crippen molar-refractivity contribution in [3.05, 3.63) is 43.8 Å². The lowest BCUT2D eigenvalue weighted by Gasteiger charge is -2.03. The molecule has 4 aromatic rings. The van der Waals surface area contributed by atoms with Crippen molar-refractivity contribution in [2.45, 2.75) is 13.2 Å². The lowest BCUT2D eigenvalue weighted by Crippen LogP contribution is -2.01. The Labute approximate surface area is 188 Å². The molecule has 0 aliphatic rings. The number of rotatable bonds is 4. The summed E-state index contributed by atoms with van der Waals surface area (Å²) in [6.45, 7) is -5.59. The number of alkyl halides is 4. The number of nitrogens with one attached hydrogen (secondary N) is 1. The Kier molecular flexibility index (Phi) is 7.02. The van der Waals surface area contributed by atoms with Gasteiger partial charge in [-0.3, -0.25) is 9.78 Å². The summed E-state index contributed by atoms with van der Waals surface area (Å²) in [6, 6.07) is 9.41. The molecule has 1 N–H and O–H groups in total. The lowest BCUT2D eigenvalue weighted by molar-refractivity contribution is -0.0504. The van der Waals surface area contributed by atoms with E-state index in [4.69, 9.17) is 0 Å². The molecule has 6 nitrogen and oxygen atoms in total. The SMILES string of the molecule is Cn1nc(I)c2cc(OC(F)F)ccc21.FC(F)Oc1ccc2n[nH]c(I)c2c1. The Morgan fingerprint density at radius 1 is 0.931 bits per heavy atom. The highest BCUT2D eigenvalue weighted by Crippen LogP contribution is 2.26. The normalized spacial score (nSPS) is 11.2. The van der Waals surface area contributed by atoms with Gasteiger partial charge in [0, 0.05) is 17.8 Å². The van der Waals surface area contributed by atoms with Gasteiger partial charge in [0.15, 0.2) is 0 Å². The second-order valence-corrected chi connectivity index (χ2v) is 7.67. The average molecular weight is 634 g/mol. The van der Waals surface area contributed by atoms with Gasteiger partial charge in [-0.05, 0) is 81.6 Å². The van der Waals surface area contributed by atoms with E-state index in [2.05, 4.69) is 47.4 Å². The van der Waals surface area contributed by atoms with Crippen LogP contribution in [0.3, 0.4) is 0 Å². The third-order valence-electron chi connectivity index (χ3n) is 3.71. The Balaban J connectivity index is 0.000000166.